The molecule has 7 heteroatoms. The number of hydrogen-bond donors (Lipinski definition) is 1. The molecular formula is C27H36N4O3. The van der Waals surface area contributed by atoms with Crippen LogP contribution in [0.1, 0.15) is 44.7 Å². The van der Waals surface area contributed by atoms with E-state index in [0.717, 1.165) is 56.6 Å². The molecule has 2 aromatic carbocycles. The molecule has 0 atom stereocenters. The lowest BCUT2D eigenvalue weighted by Crippen LogP contribution is -2.42. The first-order valence-corrected chi connectivity index (χ1v) is 12.3. The molecule has 1 aliphatic rings. The number of nitrogens with zero attached hydrogens (tertiary/aromatic N) is 3. The maximum atomic E-state index is 13.0. The molecule has 1 aliphatic heterocycles. The van der Waals surface area contributed by atoms with E-state index in [4.69, 9.17) is 4.74 Å². The van der Waals surface area contributed by atoms with E-state index in [0.29, 0.717) is 18.0 Å². The molecule has 3 aromatic rings. The van der Waals surface area contributed by atoms with Crippen LogP contribution in [0.2, 0.25) is 0 Å². The Morgan fingerprint density at radius 3 is 2.38 bits per heavy atom. The summed E-state index contributed by atoms with van der Waals surface area (Å²) in [5, 5.41) is 3.02. The highest BCUT2D eigenvalue weighted by Crippen LogP contribution is 2.19. The number of aryl methyl sites for hydroxylation is 1. The standard InChI is InChI=1S/C27H36N4O3/c1-20(2)30-24-8-4-5-9-25(24)31(27(30)33)26(32)28-19-22-14-17-29(18-15-22)16-6-7-21-10-12-23(34-3)13-11-21/h4-5,8-13,20,22H,6-7,14-19H2,1-3H3,(H,28,32). The number of rotatable bonds is 8. The number of carbonyl (C=O) groups excluding carboxylic acids is 1. The molecule has 34 heavy (non-hydrogen) atoms. The maximum absolute atomic E-state index is 13.0. The van der Waals surface area contributed by atoms with Crippen LogP contribution < -0.4 is 15.7 Å². The average Bonchev–Trinajstić information content (AvgIpc) is 3.15. The third-order valence-electron chi connectivity index (χ3n) is 6.85. The number of amides is 1. The highest BCUT2D eigenvalue weighted by Gasteiger charge is 2.22. The van der Waals surface area contributed by atoms with E-state index < -0.39 is 0 Å². The van der Waals surface area contributed by atoms with Crippen molar-refractivity contribution < 1.29 is 9.53 Å². The number of benzene rings is 2. The zero-order valence-electron chi connectivity index (χ0n) is 20.5. The minimum Gasteiger partial charge on any atom is -0.497 e. The summed E-state index contributed by atoms with van der Waals surface area (Å²) < 4.78 is 8.18. The minimum absolute atomic E-state index is 0.0134. The number of carbonyl (C=O) groups is 1. The lowest BCUT2D eigenvalue weighted by Gasteiger charge is -2.32. The molecule has 182 valence electrons. The molecule has 1 saturated heterocycles. The monoisotopic (exact) mass is 464 g/mol. The molecule has 0 aliphatic carbocycles. The van der Waals surface area contributed by atoms with E-state index >= 15 is 0 Å². The van der Waals surface area contributed by atoms with Crippen molar-refractivity contribution in [3.63, 3.8) is 0 Å². The predicted molar refractivity (Wildman–Crippen MR) is 136 cm³/mol. The SMILES string of the molecule is COc1ccc(CCCN2CCC(CNC(=O)n3c(=O)n(C(C)C)c4ccccc43)CC2)cc1. The van der Waals surface area contributed by atoms with Crippen molar-refractivity contribution in [2.24, 2.45) is 5.92 Å². The molecule has 0 spiro atoms. The maximum Gasteiger partial charge on any atom is 0.337 e. The van der Waals surface area contributed by atoms with Gasteiger partial charge in [0.25, 0.3) is 0 Å². The van der Waals surface area contributed by atoms with Gasteiger partial charge in [-0.1, -0.05) is 24.3 Å². The van der Waals surface area contributed by atoms with Gasteiger partial charge in [0.2, 0.25) is 0 Å². The van der Waals surface area contributed by atoms with Crippen molar-refractivity contribution in [3.8, 4) is 5.75 Å². The minimum atomic E-state index is -0.331. The van der Waals surface area contributed by atoms with Gasteiger partial charge in [-0.05, 0) is 94.9 Å². The van der Waals surface area contributed by atoms with Crippen molar-refractivity contribution in [2.45, 2.75) is 45.6 Å². The number of likely N-dealkylation sites (tertiary alicyclic amines) is 1. The van der Waals surface area contributed by atoms with Crippen LogP contribution in [0.25, 0.3) is 11.0 Å². The van der Waals surface area contributed by atoms with E-state index in [9.17, 15) is 9.59 Å². The van der Waals surface area contributed by atoms with E-state index in [1.807, 2.05) is 50.2 Å². The first-order chi connectivity index (χ1) is 16.5. The van der Waals surface area contributed by atoms with E-state index in [2.05, 4.69) is 22.3 Å². The van der Waals surface area contributed by atoms with Gasteiger partial charge in [-0.25, -0.2) is 14.2 Å². The van der Waals surface area contributed by atoms with Crippen LogP contribution in [0.4, 0.5) is 4.79 Å². The summed E-state index contributed by atoms with van der Waals surface area (Å²) in [5.41, 5.74) is 2.51. The molecular weight excluding hydrogens is 428 g/mol. The van der Waals surface area contributed by atoms with Gasteiger partial charge in [-0.2, -0.15) is 0 Å². The molecule has 2 heterocycles. The summed E-state index contributed by atoms with van der Waals surface area (Å²) in [6, 6.07) is 15.4. The second-order valence-electron chi connectivity index (χ2n) is 9.49. The van der Waals surface area contributed by atoms with Crippen LogP contribution in [-0.4, -0.2) is 53.4 Å². The van der Waals surface area contributed by atoms with Crippen molar-refractivity contribution in [3.05, 3.63) is 64.6 Å². The Morgan fingerprint density at radius 1 is 1.06 bits per heavy atom. The zero-order chi connectivity index (χ0) is 24.1. The fourth-order valence-corrected chi connectivity index (χ4v) is 4.89. The summed E-state index contributed by atoms with van der Waals surface area (Å²) in [6.45, 7) is 7.72. The molecule has 0 radical (unpaired) electrons. The quantitative estimate of drug-likeness (QED) is 0.540. The normalized spacial score (nSPS) is 15.2. The third-order valence-corrected chi connectivity index (χ3v) is 6.85. The van der Waals surface area contributed by atoms with Gasteiger partial charge in [0.05, 0.1) is 18.1 Å². The number of imidazole rings is 1. The van der Waals surface area contributed by atoms with Crippen LogP contribution in [0.15, 0.2) is 53.3 Å². The predicted octanol–water partition coefficient (Wildman–Crippen LogP) is 4.30. The van der Waals surface area contributed by atoms with Crippen LogP contribution in [-0.2, 0) is 6.42 Å². The Balaban J connectivity index is 1.25. The number of methoxy groups -OCH3 is 1. The molecule has 7 nitrogen and oxygen atoms in total. The Hall–Kier alpha value is -3.06. The number of hydrogen-bond acceptors (Lipinski definition) is 4. The van der Waals surface area contributed by atoms with Gasteiger partial charge in [-0.15, -0.1) is 0 Å². The van der Waals surface area contributed by atoms with E-state index in [1.165, 1.54) is 10.1 Å². The molecule has 1 fully saturated rings. The topological polar surface area (TPSA) is 68.5 Å². The van der Waals surface area contributed by atoms with Crippen LogP contribution >= 0.6 is 0 Å². The van der Waals surface area contributed by atoms with Crippen molar-refractivity contribution in [1.82, 2.24) is 19.4 Å². The van der Waals surface area contributed by atoms with E-state index in [-0.39, 0.29) is 17.8 Å². The first-order valence-electron chi connectivity index (χ1n) is 12.3. The Kier molecular flexibility index (Phi) is 7.73. The first kappa shape index (κ1) is 24.1. The molecule has 0 unspecified atom stereocenters. The van der Waals surface area contributed by atoms with Crippen LogP contribution in [0.3, 0.4) is 0 Å². The molecule has 1 aromatic heterocycles. The van der Waals surface area contributed by atoms with Crippen LogP contribution in [0.5, 0.6) is 5.75 Å². The van der Waals surface area contributed by atoms with Crippen molar-refractivity contribution in [1.29, 1.82) is 0 Å². The van der Waals surface area contributed by atoms with Gasteiger partial charge in [0, 0.05) is 12.6 Å². The highest BCUT2D eigenvalue weighted by molar-refractivity contribution is 5.89. The molecule has 0 saturated carbocycles. The van der Waals surface area contributed by atoms with Gasteiger partial charge >= 0.3 is 11.7 Å². The number of piperidine rings is 1. The van der Waals surface area contributed by atoms with E-state index in [1.54, 1.807) is 11.7 Å². The van der Waals surface area contributed by atoms with Crippen LogP contribution in [0, 0.1) is 5.92 Å². The smallest absolute Gasteiger partial charge is 0.337 e. The summed E-state index contributed by atoms with van der Waals surface area (Å²) in [4.78, 5) is 28.4. The fourth-order valence-electron chi connectivity index (χ4n) is 4.89. The lowest BCUT2D eigenvalue weighted by molar-refractivity contribution is 0.180. The van der Waals surface area contributed by atoms with Gasteiger partial charge in [0.1, 0.15) is 5.75 Å². The second-order valence-corrected chi connectivity index (χ2v) is 9.49. The average molecular weight is 465 g/mol. The highest BCUT2D eigenvalue weighted by atomic mass is 16.5. The number of aromatic nitrogens is 2. The zero-order valence-corrected chi connectivity index (χ0v) is 20.5. The van der Waals surface area contributed by atoms with Gasteiger partial charge in [0.15, 0.2) is 0 Å². The largest absolute Gasteiger partial charge is 0.497 e. The number of nitrogens with one attached hydrogen (secondary N) is 1. The van der Waals surface area contributed by atoms with Crippen molar-refractivity contribution in [2.75, 3.05) is 33.3 Å². The molecule has 0 bridgehead atoms. The molecule has 1 amide bonds. The van der Waals surface area contributed by atoms with Crippen molar-refractivity contribution >= 4 is 17.1 Å². The summed E-state index contributed by atoms with van der Waals surface area (Å²) in [5.74, 6) is 1.34. The Labute approximate surface area is 201 Å². The fraction of sp³-hybridized carbons (Fsp3) is 0.481. The second kappa shape index (κ2) is 10.9. The third kappa shape index (κ3) is 5.36. The summed E-state index contributed by atoms with van der Waals surface area (Å²) in [6.07, 6.45) is 4.33. The lowest BCUT2D eigenvalue weighted by atomic mass is 9.96. The number of para-hydroxylation sites is 2. The van der Waals surface area contributed by atoms with Gasteiger partial charge < -0.3 is 15.0 Å². The summed E-state index contributed by atoms with van der Waals surface area (Å²) >= 11 is 0. The molecule has 4 rings (SSSR count). The number of ether oxygens (including phenoxy) is 1. The Morgan fingerprint density at radius 2 is 1.74 bits per heavy atom. The summed E-state index contributed by atoms with van der Waals surface area (Å²) in [7, 11) is 1.69. The molecule has 1 N–H and O–H groups in total. The van der Waals surface area contributed by atoms with Gasteiger partial charge in [-0.3, -0.25) is 4.57 Å². The number of fused-ring (bicyclic) bond motifs is 1. The Bertz CT molecular complexity index is 1150.